The summed E-state index contributed by atoms with van der Waals surface area (Å²) in [5.41, 5.74) is 0.773. The molecule has 1 heterocycles. The van der Waals surface area contributed by atoms with Crippen LogP contribution in [0.25, 0.3) is 0 Å². The van der Waals surface area contributed by atoms with E-state index in [9.17, 15) is 15.4 Å². The number of nitrogens with zero attached hydrogens (tertiary/aromatic N) is 3. The molecule has 0 spiro atoms. The zero-order chi connectivity index (χ0) is 18.8. The van der Waals surface area contributed by atoms with Gasteiger partial charge in [0.25, 0.3) is 5.69 Å². The molecule has 1 unspecified atom stereocenters. The van der Waals surface area contributed by atoms with Crippen molar-refractivity contribution in [3.63, 3.8) is 0 Å². The summed E-state index contributed by atoms with van der Waals surface area (Å²) in [5, 5.41) is 21.0. The second kappa shape index (κ2) is 7.42. The van der Waals surface area contributed by atoms with E-state index in [0.29, 0.717) is 18.7 Å². The SMILES string of the molecule is CC(C)C(C)N(C#N)c1cc(B2OCC(C)(C)CO2)ccc1[N+](=O)[O-]. The number of nitro groups is 1. The Morgan fingerprint density at radius 3 is 2.40 bits per heavy atom. The number of anilines is 1. The fourth-order valence-corrected chi connectivity index (χ4v) is 2.58. The van der Waals surface area contributed by atoms with Gasteiger partial charge in [-0.15, -0.1) is 0 Å². The molecular formula is C17H24BN3O4. The van der Waals surface area contributed by atoms with Crippen molar-refractivity contribution in [3.8, 4) is 6.19 Å². The maximum absolute atomic E-state index is 11.4. The Morgan fingerprint density at radius 1 is 1.32 bits per heavy atom. The molecule has 0 amide bonds. The van der Waals surface area contributed by atoms with Gasteiger partial charge in [-0.2, -0.15) is 5.26 Å². The number of nitro benzene ring substituents is 1. The van der Waals surface area contributed by atoms with E-state index in [4.69, 9.17) is 9.31 Å². The van der Waals surface area contributed by atoms with Crippen molar-refractivity contribution in [2.75, 3.05) is 18.1 Å². The molecule has 7 nitrogen and oxygen atoms in total. The summed E-state index contributed by atoms with van der Waals surface area (Å²) in [7, 11) is -0.581. The topological polar surface area (TPSA) is 88.6 Å². The van der Waals surface area contributed by atoms with Crippen LogP contribution in [0, 0.1) is 32.9 Å². The Morgan fingerprint density at radius 2 is 1.92 bits per heavy atom. The zero-order valence-electron chi connectivity index (χ0n) is 15.4. The summed E-state index contributed by atoms with van der Waals surface area (Å²) >= 11 is 0. The van der Waals surface area contributed by atoms with Gasteiger partial charge in [0.2, 0.25) is 0 Å². The van der Waals surface area contributed by atoms with Crippen LogP contribution in [0.4, 0.5) is 11.4 Å². The first-order valence-corrected chi connectivity index (χ1v) is 8.37. The molecule has 1 atom stereocenters. The summed E-state index contributed by atoms with van der Waals surface area (Å²) < 4.78 is 11.5. The van der Waals surface area contributed by atoms with Crippen LogP contribution in [0.2, 0.25) is 0 Å². The molecule has 0 radical (unpaired) electrons. The van der Waals surface area contributed by atoms with E-state index in [-0.39, 0.29) is 28.7 Å². The number of hydrogen-bond acceptors (Lipinski definition) is 6. The van der Waals surface area contributed by atoms with Crippen LogP contribution in [0.3, 0.4) is 0 Å². The van der Waals surface area contributed by atoms with Crippen molar-refractivity contribution < 1.29 is 14.2 Å². The van der Waals surface area contributed by atoms with Crippen molar-refractivity contribution in [3.05, 3.63) is 28.3 Å². The average Bonchev–Trinajstić information content (AvgIpc) is 2.55. The first-order valence-electron chi connectivity index (χ1n) is 8.37. The maximum Gasteiger partial charge on any atom is 0.493 e. The van der Waals surface area contributed by atoms with Crippen LogP contribution in [0.15, 0.2) is 18.2 Å². The van der Waals surface area contributed by atoms with Crippen LogP contribution in [-0.2, 0) is 9.31 Å². The molecular weight excluding hydrogens is 321 g/mol. The number of nitriles is 1. The first-order chi connectivity index (χ1) is 11.7. The monoisotopic (exact) mass is 345 g/mol. The van der Waals surface area contributed by atoms with Gasteiger partial charge in [0.05, 0.1) is 4.92 Å². The molecule has 0 aromatic heterocycles. The first kappa shape index (κ1) is 19.2. The lowest BCUT2D eigenvalue weighted by Crippen LogP contribution is -2.47. The molecule has 1 aromatic carbocycles. The van der Waals surface area contributed by atoms with Gasteiger partial charge in [-0.1, -0.05) is 33.8 Å². The molecule has 8 heteroatoms. The van der Waals surface area contributed by atoms with E-state index < -0.39 is 12.0 Å². The van der Waals surface area contributed by atoms with Gasteiger partial charge < -0.3 is 9.31 Å². The van der Waals surface area contributed by atoms with Crippen LogP contribution >= 0.6 is 0 Å². The molecule has 1 aromatic rings. The van der Waals surface area contributed by atoms with Gasteiger partial charge in [0.15, 0.2) is 6.19 Å². The molecule has 1 saturated heterocycles. The van der Waals surface area contributed by atoms with Crippen LogP contribution in [0.1, 0.15) is 34.6 Å². The highest BCUT2D eigenvalue weighted by molar-refractivity contribution is 6.61. The lowest BCUT2D eigenvalue weighted by atomic mass is 9.75. The van der Waals surface area contributed by atoms with Gasteiger partial charge in [0, 0.05) is 30.7 Å². The van der Waals surface area contributed by atoms with Crippen LogP contribution in [-0.4, -0.2) is 31.3 Å². The normalized spacial score (nSPS) is 17.9. The summed E-state index contributed by atoms with van der Waals surface area (Å²) in [4.78, 5) is 12.3. The molecule has 0 N–H and O–H groups in total. The Balaban J connectivity index is 2.40. The summed E-state index contributed by atoms with van der Waals surface area (Å²) in [5.74, 6) is 0.158. The molecule has 0 bridgehead atoms. The fraction of sp³-hybridized carbons (Fsp3) is 0.588. The minimum Gasteiger partial charge on any atom is -0.407 e. The van der Waals surface area contributed by atoms with Gasteiger partial charge in [-0.25, -0.2) is 0 Å². The van der Waals surface area contributed by atoms with Crippen molar-refractivity contribution in [2.24, 2.45) is 11.3 Å². The molecule has 0 saturated carbocycles. The Bertz CT molecular complexity index is 677. The maximum atomic E-state index is 11.4. The summed E-state index contributed by atoms with van der Waals surface area (Å²) in [6.07, 6.45) is 2.09. The third kappa shape index (κ3) is 4.30. The molecule has 25 heavy (non-hydrogen) atoms. The molecule has 1 fully saturated rings. The third-order valence-electron chi connectivity index (χ3n) is 4.46. The molecule has 1 aliphatic heterocycles. The number of hydrogen-bond donors (Lipinski definition) is 0. The number of benzene rings is 1. The Labute approximate surface area is 148 Å². The van der Waals surface area contributed by atoms with Gasteiger partial charge in [-0.3, -0.25) is 15.0 Å². The second-order valence-electron chi connectivity index (χ2n) is 7.58. The third-order valence-corrected chi connectivity index (χ3v) is 4.46. The highest BCUT2D eigenvalue weighted by atomic mass is 16.6. The lowest BCUT2D eigenvalue weighted by molar-refractivity contribution is -0.384. The molecule has 0 aliphatic carbocycles. The predicted molar refractivity (Wildman–Crippen MR) is 96.6 cm³/mol. The van der Waals surface area contributed by atoms with E-state index in [1.807, 2.05) is 34.6 Å². The van der Waals surface area contributed by atoms with Gasteiger partial charge in [-0.05, 0) is 24.4 Å². The predicted octanol–water partition coefficient (Wildman–Crippen LogP) is 2.69. The van der Waals surface area contributed by atoms with Crippen LogP contribution in [0.5, 0.6) is 0 Å². The van der Waals surface area contributed by atoms with E-state index in [0.717, 1.165) is 0 Å². The Kier molecular flexibility index (Phi) is 5.70. The zero-order valence-corrected chi connectivity index (χ0v) is 15.4. The lowest BCUT2D eigenvalue weighted by Gasteiger charge is -2.33. The van der Waals surface area contributed by atoms with E-state index >= 15 is 0 Å². The highest BCUT2D eigenvalue weighted by Crippen LogP contribution is 2.30. The van der Waals surface area contributed by atoms with Crippen LogP contribution < -0.4 is 10.4 Å². The van der Waals surface area contributed by atoms with Gasteiger partial charge >= 0.3 is 7.12 Å². The smallest absolute Gasteiger partial charge is 0.407 e. The fourth-order valence-electron chi connectivity index (χ4n) is 2.58. The number of rotatable bonds is 5. The van der Waals surface area contributed by atoms with Crippen molar-refractivity contribution in [1.29, 1.82) is 5.26 Å². The van der Waals surface area contributed by atoms with Crippen molar-refractivity contribution in [1.82, 2.24) is 0 Å². The molecule has 1 aliphatic rings. The Hall–Kier alpha value is -2.11. The average molecular weight is 345 g/mol. The highest BCUT2D eigenvalue weighted by Gasteiger charge is 2.35. The van der Waals surface area contributed by atoms with E-state index in [1.54, 1.807) is 12.1 Å². The van der Waals surface area contributed by atoms with Crippen molar-refractivity contribution >= 4 is 24.0 Å². The van der Waals surface area contributed by atoms with E-state index in [2.05, 4.69) is 6.19 Å². The minimum absolute atomic E-state index is 0.0645. The molecule has 2 rings (SSSR count). The quantitative estimate of drug-likeness (QED) is 0.268. The van der Waals surface area contributed by atoms with Gasteiger partial charge in [0.1, 0.15) is 5.69 Å². The summed E-state index contributed by atoms with van der Waals surface area (Å²) in [6.45, 7) is 11.0. The largest absolute Gasteiger partial charge is 0.493 e. The second-order valence-corrected chi connectivity index (χ2v) is 7.58. The standard InChI is InChI=1S/C17H24BN3O4/c1-12(2)13(3)20(11-19)16-8-14(6-7-15(16)21(22)23)18-24-9-17(4,5)10-25-18/h6-8,12-13H,9-10H2,1-5H3. The van der Waals surface area contributed by atoms with E-state index in [1.165, 1.54) is 11.0 Å². The molecule has 134 valence electrons. The minimum atomic E-state index is -0.581. The van der Waals surface area contributed by atoms with Crippen molar-refractivity contribution in [2.45, 2.75) is 40.7 Å². The summed E-state index contributed by atoms with van der Waals surface area (Å²) in [6, 6.07) is 4.49.